The summed E-state index contributed by atoms with van der Waals surface area (Å²) in [5.41, 5.74) is 3.67. The molecule has 1 aliphatic carbocycles. The Kier molecular flexibility index (Phi) is 5.13. The number of hydrogen-bond acceptors (Lipinski definition) is 3. The third-order valence-corrected chi connectivity index (χ3v) is 5.54. The van der Waals surface area contributed by atoms with Gasteiger partial charge in [-0.15, -0.1) is 0 Å². The third-order valence-electron chi connectivity index (χ3n) is 5.54. The van der Waals surface area contributed by atoms with Crippen molar-refractivity contribution < 1.29 is 13.9 Å². The first-order valence-corrected chi connectivity index (χ1v) is 9.63. The highest BCUT2D eigenvalue weighted by Gasteiger charge is 2.24. The summed E-state index contributed by atoms with van der Waals surface area (Å²) in [6.45, 7) is 1.97. The largest absolute Gasteiger partial charge is 0.381 e. The minimum absolute atomic E-state index is 0.105. The van der Waals surface area contributed by atoms with E-state index in [1.807, 2.05) is 23.6 Å². The Bertz CT molecular complexity index is 989. The maximum atomic E-state index is 13.2. The molecule has 146 valence electrons. The van der Waals surface area contributed by atoms with Gasteiger partial charge in [-0.2, -0.15) is 0 Å². The lowest BCUT2D eigenvalue weighted by molar-refractivity contribution is 0.0599. The van der Waals surface area contributed by atoms with Crippen molar-refractivity contribution in [1.29, 1.82) is 0 Å². The quantitative estimate of drug-likeness (QED) is 0.739. The fraction of sp³-hybridized carbons (Fsp3) is 0.364. The van der Waals surface area contributed by atoms with Crippen LogP contribution in [0, 0.1) is 12.7 Å². The second-order valence-corrected chi connectivity index (χ2v) is 7.40. The standard InChI is InChI=1S/C22H24FN3O2/c1-14-13-20(15-3-5-16(23)6-4-15)25-21-19(11-12-26(14)21)22(27)24-17-7-9-18(28-2)10-8-17/h3-6,11-13,17-18H,7-10H2,1-2H3,(H,24,27). The number of aryl methyl sites for hydroxylation is 1. The molecule has 1 aromatic carbocycles. The number of nitrogens with one attached hydrogen (secondary N) is 1. The van der Waals surface area contributed by atoms with E-state index in [4.69, 9.17) is 9.72 Å². The molecule has 28 heavy (non-hydrogen) atoms. The zero-order valence-corrected chi connectivity index (χ0v) is 16.1. The van der Waals surface area contributed by atoms with Crippen LogP contribution >= 0.6 is 0 Å². The van der Waals surface area contributed by atoms with Crippen LogP contribution in [0.1, 0.15) is 41.7 Å². The second kappa shape index (κ2) is 7.72. The molecule has 0 aliphatic heterocycles. The molecule has 2 heterocycles. The lowest BCUT2D eigenvalue weighted by atomic mass is 9.93. The van der Waals surface area contributed by atoms with Crippen LogP contribution in [-0.2, 0) is 4.74 Å². The second-order valence-electron chi connectivity index (χ2n) is 7.40. The Morgan fingerprint density at radius 1 is 1.18 bits per heavy atom. The minimum Gasteiger partial charge on any atom is -0.381 e. The molecule has 1 aliphatic rings. The molecular formula is C22H24FN3O2. The summed E-state index contributed by atoms with van der Waals surface area (Å²) in [6.07, 6.45) is 5.93. The summed E-state index contributed by atoms with van der Waals surface area (Å²) in [4.78, 5) is 17.6. The molecule has 0 spiro atoms. The number of nitrogens with zero attached hydrogens (tertiary/aromatic N) is 2. The van der Waals surface area contributed by atoms with Crippen LogP contribution in [0.2, 0.25) is 0 Å². The van der Waals surface area contributed by atoms with E-state index in [1.54, 1.807) is 25.3 Å². The van der Waals surface area contributed by atoms with Crippen LogP contribution < -0.4 is 5.32 Å². The molecule has 1 saturated carbocycles. The van der Waals surface area contributed by atoms with Gasteiger partial charge in [-0.3, -0.25) is 4.79 Å². The first-order valence-electron chi connectivity index (χ1n) is 9.63. The number of methoxy groups -OCH3 is 1. The summed E-state index contributed by atoms with van der Waals surface area (Å²) < 4.78 is 20.5. The summed E-state index contributed by atoms with van der Waals surface area (Å²) in [5.74, 6) is -0.390. The van der Waals surface area contributed by atoms with Crippen molar-refractivity contribution in [3.63, 3.8) is 0 Å². The number of aromatic nitrogens is 2. The van der Waals surface area contributed by atoms with Crippen LogP contribution in [0.15, 0.2) is 42.6 Å². The predicted octanol–water partition coefficient (Wildman–Crippen LogP) is 4.14. The van der Waals surface area contributed by atoms with Crippen molar-refractivity contribution in [2.75, 3.05) is 7.11 Å². The van der Waals surface area contributed by atoms with Gasteiger partial charge < -0.3 is 14.5 Å². The Morgan fingerprint density at radius 2 is 1.89 bits per heavy atom. The Hall–Kier alpha value is -2.73. The third kappa shape index (κ3) is 3.64. The van der Waals surface area contributed by atoms with Gasteiger partial charge in [0.25, 0.3) is 5.91 Å². The van der Waals surface area contributed by atoms with Crippen LogP contribution in [-0.4, -0.2) is 34.5 Å². The Balaban J connectivity index is 1.60. The SMILES string of the molecule is COC1CCC(NC(=O)c2ccn3c(C)cc(-c4ccc(F)cc4)nc23)CC1. The molecule has 3 aromatic rings. The van der Waals surface area contributed by atoms with Gasteiger partial charge in [0.1, 0.15) is 11.5 Å². The number of hydrogen-bond donors (Lipinski definition) is 1. The van der Waals surface area contributed by atoms with Gasteiger partial charge in [0.05, 0.1) is 17.4 Å². The lowest BCUT2D eigenvalue weighted by Gasteiger charge is -2.28. The maximum Gasteiger partial charge on any atom is 0.255 e. The summed E-state index contributed by atoms with van der Waals surface area (Å²) >= 11 is 0. The molecule has 0 saturated heterocycles. The van der Waals surface area contributed by atoms with E-state index in [-0.39, 0.29) is 17.8 Å². The van der Waals surface area contributed by atoms with Crippen LogP contribution in [0.4, 0.5) is 4.39 Å². The van der Waals surface area contributed by atoms with Crippen LogP contribution in [0.25, 0.3) is 16.9 Å². The average molecular weight is 381 g/mol. The molecule has 4 rings (SSSR count). The monoisotopic (exact) mass is 381 g/mol. The number of carbonyl (C=O) groups excluding carboxylic acids is 1. The molecule has 1 fully saturated rings. The number of benzene rings is 1. The molecule has 0 atom stereocenters. The molecule has 1 N–H and O–H groups in total. The number of carbonyl (C=O) groups is 1. The van der Waals surface area contributed by atoms with Crippen molar-refractivity contribution in [3.05, 3.63) is 59.7 Å². The highest BCUT2D eigenvalue weighted by atomic mass is 19.1. The predicted molar refractivity (Wildman–Crippen MR) is 106 cm³/mol. The number of halogens is 1. The van der Waals surface area contributed by atoms with Crippen molar-refractivity contribution in [2.45, 2.75) is 44.8 Å². The Labute approximate surface area is 163 Å². The van der Waals surface area contributed by atoms with Gasteiger partial charge in [0.2, 0.25) is 0 Å². The van der Waals surface area contributed by atoms with Crippen molar-refractivity contribution >= 4 is 11.6 Å². The lowest BCUT2D eigenvalue weighted by Crippen LogP contribution is -2.38. The van der Waals surface area contributed by atoms with Gasteiger partial charge in [0.15, 0.2) is 0 Å². The topological polar surface area (TPSA) is 55.6 Å². The molecular weight excluding hydrogens is 357 g/mol. The van der Waals surface area contributed by atoms with Crippen molar-refractivity contribution in [1.82, 2.24) is 14.7 Å². The zero-order chi connectivity index (χ0) is 19.7. The van der Waals surface area contributed by atoms with E-state index in [0.717, 1.165) is 42.6 Å². The van der Waals surface area contributed by atoms with Gasteiger partial charge in [-0.25, -0.2) is 9.37 Å². The van der Waals surface area contributed by atoms with Gasteiger partial charge in [-0.1, -0.05) is 0 Å². The summed E-state index contributed by atoms with van der Waals surface area (Å²) in [5, 5.41) is 3.15. The van der Waals surface area contributed by atoms with Crippen molar-refractivity contribution in [2.24, 2.45) is 0 Å². The first-order chi connectivity index (χ1) is 13.5. The Morgan fingerprint density at radius 3 is 2.57 bits per heavy atom. The van der Waals surface area contributed by atoms with E-state index in [0.29, 0.717) is 17.3 Å². The number of rotatable bonds is 4. The van der Waals surface area contributed by atoms with E-state index in [2.05, 4.69) is 5.32 Å². The average Bonchev–Trinajstić information content (AvgIpc) is 3.14. The van der Waals surface area contributed by atoms with E-state index in [9.17, 15) is 9.18 Å². The number of ether oxygens (including phenoxy) is 1. The summed E-state index contributed by atoms with van der Waals surface area (Å²) in [7, 11) is 1.74. The minimum atomic E-state index is -0.285. The molecule has 2 aromatic heterocycles. The first kappa shape index (κ1) is 18.6. The molecule has 1 amide bonds. The van der Waals surface area contributed by atoms with Gasteiger partial charge in [-0.05, 0) is 69.0 Å². The van der Waals surface area contributed by atoms with Crippen molar-refractivity contribution in [3.8, 4) is 11.3 Å². The highest BCUT2D eigenvalue weighted by Crippen LogP contribution is 2.24. The van der Waals surface area contributed by atoms with Crippen LogP contribution in [0.5, 0.6) is 0 Å². The fourth-order valence-corrected chi connectivity index (χ4v) is 3.89. The smallest absolute Gasteiger partial charge is 0.255 e. The normalized spacial score (nSPS) is 19.7. The van der Waals surface area contributed by atoms with E-state index in [1.165, 1.54) is 12.1 Å². The fourth-order valence-electron chi connectivity index (χ4n) is 3.89. The number of fused-ring (bicyclic) bond motifs is 1. The maximum absolute atomic E-state index is 13.2. The van der Waals surface area contributed by atoms with E-state index >= 15 is 0 Å². The molecule has 0 unspecified atom stereocenters. The zero-order valence-electron chi connectivity index (χ0n) is 16.1. The summed E-state index contributed by atoms with van der Waals surface area (Å²) in [6, 6.07) is 10.1. The van der Waals surface area contributed by atoms with E-state index < -0.39 is 0 Å². The van der Waals surface area contributed by atoms with Gasteiger partial charge >= 0.3 is 0 Å². The molecule has 5 nitrogen and oxygen atoms in total. The molecule has 6 heteroatoms. The highest BCUT2D eigenvalue weighted by molar-refractivity contribution is 6.00. The van der Waals surface area contributed by atoms with Crippen LogP contribution in [0.3, 0.4) is 0 Å². The number of amides is 1. The molecule has 0 bridgehead atoms. The molecule has 0 radical (unpaired) electrons. The van der Waals surface area contributed by atoms with Gasteiger partial charge in [0, 0.05) is 30.6 Å².